The van der Waals surface area contributed by atoms with Crippen LogP contribution in [0.1, 0.15) is 5.56 Å². The van der Waals surface area contributed by atoms with Crippen molar-refractivity contribution in [2.75, 3.05) is 0 Å². The highest BCUT2D eigenvalue weighted by molar-refractivity contribution is 5.52. The van der Waals surface area contributed by atoms with E-state index in [0.29, 0.717) is 11.3 Å². The van der Waals surface area contributed by atoms with Crippen LogP contribution < -0.4 is 0 Å². The number of benzene rings is 1. The molecule has 52 valence electrons. The van der Waals surface area contributed by atoms with Gasteiger partial charge in [0, 0.05) is 5.56 Å². The molecular formula is C9H5NO. The molecule has 0 amide bonds. The van der Waals surface area contributed by atoms with Crippen LogP contribution in [-0.4, -0.2) is 6.08 Å². The number of carbonyl (C=O) groups excluding carboxylic acids is 1. The van der Waals surface area contributed by atoms with Crippen molar-refractivity contribution in [3.63, 3.8) is 0 Å². The summed E-state index contributed by atoms with van der Waals surface area (Å²) in [7, 11) is 0. The average Bonchev–Trinajstić information content (AvgIpc) is 2.06. The van der Waals surface area contributed by atoms with Gasteiger partial charge in [-0.2, -0.15) is 4.99 Å². The van der Waals surface area contributed by atoms with Gasteiger partial charge in [0.1, 0.15) is 0 Å². The highest BCUT2D eigenvalue weighted by atomic mass is 16.1. The second-order valence-corrected chi connectivity index (χ2v) is 1.90. The predicted octanol–water partition coefficient (Wildman–Crippen LogP) is 1.64. The predicted molar refractivity (Wildman–Crippen MR) is 42.2 cm³/mol. The highest BCUT2D eigenvalue weighted by Crippen LogP contribution is 2.11. The molecule has 0 unspecified atom stereocenters. The van der Waals surface area contributed by atoms with E-state index in [1.807, 2.05) is 0 Å². The van der Waals surface area contributed by atoms with Gasteiger partial charge in [0.2, 0.25) is 6.08 Å². The third-order valence-corrected chi connectivity index (χ3v) is 1.19. The van der Waals surface area contributed by atoms with Gasteiger partial charge in [-0.1, -0.05) is 12.0 Å². The molecule has 0 saturated carbocycles. The van der Waals surface area contributed by atoms with Gasteiger partial charge in [0.15, 0.2) is 0 Å². The van der Waals surface area contributed by atoms with Crippen LogP contribution >= 0.6 is 0 Å². The fourth-order valence-corrected chi connectivity index (χ4v) is 0.718. The van der Waals surface area contributed by atoms with Crippen molar-refractivity contribution in [3.05, 3.63) is 29.8 Å². The number of isocyanates is 1. The Balaban J connectivity index is 3.12. The molecule has 0 N–H and O–H groups in total. The summed E-state index contributed by atoms with van der Waals surface area (Å²) in [5.41, 5.74) is 1.25. The minimum Gasteiger partial charge on any atom is -0.211 e. The van der Waals surface area contributed by atoms with Crippen LogP contribution in [0, 0.1) is 12.3 Å². The van der Waals surface area contributed by atoms with E-state index in [4.69, 9.17) is 6.42 Å². The fourth-order valence-electron chi connectivity index (χ4n) is 0.718. The molecule has 0 spiro atoms. The lowest BCUT2D eigenvalue weighted by Gasteiger charge is -1.90. The molecule has 1 rings (SSSR count). The number of hydrogen-bond donors (Lipinski definition) is 0. The maximum absolute atomic E-state index is 9.83. The normalized spacial score (nSPS) is 7.91. The van der Waals surface area contributed by atoms with E-state index in [1.54, 1.807) is 24.3 Å². The second-order valence-electron chi connectivity index (χ2n) is 1.90. The lowest BCUT2D eigenvalue weighted by Crippen LogP contribution is -1.70. The van der Waals surface area contributed by atoms with Crippen LogP contribution in [0.3, 0.4) is 0 Å². The zero-order chi connectivity index (χ0) is 8.10. The quantitative estimate of drug-likeness (QED) is 0.334. The van der Waals surface area contributed by atoms with E-state index in [0.717, 1.165) is 0 Å². The minimum absolute atomic E-state index is 0.537. The zero-order valence-electron chi connectivity index (χ0n) is 5.74. The average molecular weight is 143 g/mol. The summed E-state index contributed by atoms with van der Waals surface area (Å²) >= 11 is 0. The monoisotopic (exact) mass is 143 g/mol. The van der Waals surface area contributed by atoms with Crippen LogP contribution in [-0.2, 0) is 4.79 Å². The summed E-state index contributed by atoms with van der Waals surface area (Å²) in [6.07, 6.45) is 6.57. The smallest absolute Gasteiger partial charge is 0.211 e. The van der Waals surface area contributed by atoms with Crippen LogP contribution in [0.2, 0.25) is 0 Å². The van der Waals surface area contributed by atoms with E-state index < -0.39 is 0 Å². The maximum atomic E-state index is 9.83. The van der Waals surface area contributed by atoms with Gasteiger partial charge < -0.3 is 0 Å². The lowest BCUT2D eigenvalue weighted by atomic mass is 10.2. The standard InChI is InChI=1S/C9H5NO/c1-2-8-4-3-5-9(6-8)10-7-11/h1,3-6H. The van der Waals surface area contributed by atoms with Crippen molar-refractivity contribution in [1.29, 1.82) is 0 Å². The van der Waals surface area contributed by atoms with E-state index >= 15 is 0 Å². The van der Waals surface area contributed by atoms with Gasteiger partial charge in [-0.25, -0.2) is 4.79 Å². The van der Waals surface area contributed by atoms with Gasteiger partial charge >= 0.3 is 0 Å². The van der Waals surface area contributed by atoms with Crippen LogP contribution in [0.15, 0.2) is 29.3 Å². The molecule has 11 heavy (non-hydrogen) atoms. The number of rotatable bonds is 1. The number of hydrogen-bond acceptors (Lipinski definition) is 2. The molecular weight excluding hydrogens is 138 g/mol. The molecule has 0 aliphatic rings. The van der Waals surface area contributed by atoms with Gasteiger partial charge in [-0.15, -0.1) is 6.42 Å². The molecule has 0 fully saturated rings. The largest absolute Gasteiger partial charge is 0.240 e. The zero-order valence-corrected chi connectivity index (χ0v) is 5.74. The SMILES string of the molecule is C#Cc1cccc(N=C=O)c1. The topological polar surface area (TPSA) is 29.4 Å². The number of aliphatic imine (C=N–C) groups is 1. The first kappa shape index (κ1) is 7.27. The Morgan fingerprint density at radius 3 is 2.91 bits per heavy atom. The van der Waals surface area contributed by atoms with Crippen molar-refractivity contribution in [2.45, 2.75) is 0 Å². The molecule has 0 aromatic heterocycles. The molecule has 1 aromatic rings. The Morgan fingerprint density at radius 2 is 2.27 bits per heavy atom. The number of terminal acetylenes is 1. The van der Waals surface area contributed by atoms with Gasteiger partial charge in [0.05, 0.1) is 5.69 Å². The minimum atomic E-state index is 0.537. The van der Waals surface area contributed by atoms with Crippen LogP contribution in [0.4, 0.5) is 5.69 Å². The maximum Gasteiger partial charge on any atom is 0.240 e. The third-order valence-electron chi connectivity index (χ3n) is 1.19. The van der Waals surface area contributed by atoms with Crippen molar-refractivity contribution < 1.29 is 4.79 Å². The van der Waals surface area contributed by atoms with E-state index in [9.17, 15) is 4.79 Å². The molecule has 0 aliphatic carbocycles. The summed E-state index contributed by atoms with van der Waals surface area (Å²) in [6, 6.07) is 6.84. The molecule has 0 heterocycles. The molecule has 0 atom stereocenters. The molecule has 0 saturated heterocycles. The van der Waals surface area contributed by atoms with E-state index in [-0.39, 0.29) is 0 Å². The van der Waals surface area contributed by atoms with E-state index in [1.165, 1.54) is 6.08 Å². The summed E-state index contributed by atoms with van der Waals surface area (Å²) in [6.45, 7) is 0. The summed E-state index contributed by atoms with van der Waals surface area (Å²) in [5.74, 6) is 2.44. The molecule has 0 bridgehead atoms. The molecule has 1 aromatic carbocycles. The Morgan fingerprint density at radius 1 is 1.45 bits per heavy atom. The molecule has 2 heteroatoms. The van der Waals surface area contributed by atoms with Crippen molar-refractivity contribution in [3.8, 4) is 12.3 Å². The fraction of sp³-hybridized carbons (Fsp3) is 0. The van der Waals surface area contributed by atoms with Crippen LogP contribution in [0.5, 0.6) is 0 Å². The Hall–Kier alpha value is -1.84. The van der Waals surface area contributed by atoms with Gasteiger partial charge in [-0.05, 0) is 18.2 Å². The van der Waals surface area contributed by atoms with Gasteiger partial charge in [0.25, 0.3) is 0 Å². The Labute approximate surface area is 64.6 Å². The van der Waals surface area contributed by atoms with Gasteiger partial charge in [-0.3, -0.25) is 0 Å². The molecule has 0 radical (unpaired) electrons. The summed E-state index contributed by atoms with van der Waals surface area (Å²) in [5, 5.41) is 0. The number of nitrogens with zero attached hydrogens (tertiary/aromatic N) is 1. The van der Waals surface area contributed by atoms with Crippen LogP contribution in [0.25, 0.3) is 0 Å². The Bertz CT molecular complexity index is 343. The third kappa shape index (κ3) is 1.79. The lowest BCUT2D eigenvalue weighted by molar-refractivity contribution is 0.565. The molecule has 2 nitrogen and oxygen atoms in total. The van der Waals surface area contributed by atoms with Crippen molar-refractivity contribution >= 4 is 11.8 Å². The van der Waals surface area contributed by atoms with E-state index in [2.05, 4.69) is 10.9 Å². The molecule has 0 aliphatic heterocycles. The first-order chi connectivity index (χ1) is 5.36. The van der Waals surface area contributed by atoms with Crippen molar-refractivity contribution in [2.24, 2.45) is 4.99 Å². The highest BCUT2D eigenvalue weighted by Gasteiger charge is 1.88. The second kappa shape index (κ2) is 3.36. The van der Waals surface area contributed by atoms with Crippen molar-refractivity contribution in [1.82, 2.24) is 0 Å². The Kier molecular flexibility index (Phi) is 2.22. The first-order valence-corrected chi connectivity index (χ1v) is 3.01. The summed E-state index contributed by atoms with van der Waals surface area (Å²) < 4.78 is 0. The first-order valence-electron chi connectivity index (χ1n) is 3.01. The summed E-state index contributed by atoms with van der Waals surface area (Å²) in [4.78, 5) is 13.2.